The Balaban J connectivity index is 0.00000196. The van der Waals surface area contributed by atoms with E-state index < -0.39 is 0 Å². The smallest absolute Gasteiger partial charge is 0.102 e. The van der Waals surface area contributed by atoms with Gasteiger partial charge in [0.25, 0.3) is 0 Å². The van der Waals surface area contributed by atoms with E-state index in [1.807, 2.05) is 18.2 Å². The van der Waals surface area contributed by atoms with Gasteiger partial charge in [0.15, 0.2) is 0 Å². The molecule has 1 aromatic rings. The largest absolute Gasteiger partial charge is 1.00 e. The van der Waals surface area contributed by atoms with E-state index in [2.05, 4.69) is 33.3 Å². The highest BCUT2D eigenvalue weighted by molar-refractivity contribution is 5.13. The maximum atomic E-state index is 5.58. The minimum Gasteiger partial charge on any atom is -1.00 e. The molecule has 2 nitrogen and oxygen atoms in total. The Labute approximate surface area is 98.9 Å². The summed E-state index contributed by atoms with van der Waals surface area (Å²) in [5, 5.41) is 0. The van der Waals surface area contributed by atoms with Crippen molar-refractivity contribution in [1.82, 2.24) is 0 Å². The first-order valence-electron chi connectivity index (χ1n) is 5.00. The van der Waals surface area contributed by atoms with Crippen molar-refractivity contribution in [2.45, 2.75) is 6.61 Å². The van der Waals surface area contributed by atoms with Crippen molar-refractivity contribution >= 4 is 0 Å². The molecule has 0 atom stereocenters. The first-order valence-corrected chi connectivity index (χ1v) is 5.00. The Bertz CT molecular complexity index is 256. The van der Waals surface area contributed by atoms with E-state index in [0.29, 0.717) is 0 Å². The zero-order valence-electron chi connectivity index (χ0n) is 9.74. The van der Waals surface area contributed by atoms with Crippen LogP contribution in [-0.4, -0.2) is 38.8 Å². The summed E-state index contributed by atoms with van der Waals surface area (Å²) in [6.07, 6.45) is 0. The van der Waals surface area contributed by atoms with Crippen LogP contribution < -0.4 is 12.4 Å². The highest BCUT2D eigenvalue weighted by Crippen LogP contribution is 2.00. The fraction of sp³-hybridized carbons (Fsp3) is 0.500. The molecule has 0 aliphatic rings. The summed E-state index contributed by atoms with van der Waals surface area (Å²) >= 11 is 0. The number of rotatable bonds is 5. The summed E-state index contributed by atoms with van der Waals surface area (Å²) in [6.45, 7) is 2.59. The first-order chi connectivity index (χ1) is 6.58. The second-order valence-electron chi connectivity index (χ2n) is 4.55. The lowest BCUT2D eigenvalue weighted by atomic mass is 10.2. The summed E-state index contributed by atoms with van der Waals surface area (Å²) < 4.78 is 6.53. The Morgan fingerprint density at radius 2 is 1.67 bits per heavy atom. The van der Waals surface area contributed by atoms with E-state index in [0.717, 1.165) is 24.2 Å². The van der Waals surface area contributed by atoms with Crippen LogP contribution >= 0.6 is 0 Å². The van der Waals surface area contributed by atoms with Gasteiger partial charge in [0, 0.05) is 0 Å². The molecule has 0 N–H and O–H groups in total. The van der Waals surface area contributed by atoms with Gasteiger partial charge in [0.05, 0.1) is 34.4 Å². The lowest BCUT2D eigenvalue weighted by Gasteiger charge is -2.23. The van der Waals surface area contributed by atoms with E-state index in [9.17, 15) is 0 Å². The van der Waals surface area contributed by atoms with Gasteiger partial charge in [-0.2, -0.15) is 0 Å². The van der Waals surface area contributed by atoms with Gasteiger partial charge in [-0.25, -0.2) is 0 Å². The third-order valence-corrected chi connectivity index (χ3v) is 2.02. The van der Waals surface area contributed by atoms with Crippen LogP contribution in [0, 0.1) is 0 Å². The minimum absolute atomic E-state index is 0. The molecule has 0 saturated carbocycles. The predicted octanol–water partition coefficient (Wildman–Crippen LogP) is -1.09. The second kappa shape index (κ2) is 6.83. The van der Waals surface area contributed by atoms with Crippen molar-refractivity contribution < 1.29 is 21.6 Å². The van der Waals surface area contributed by atoms with Crippen LogP contribution in [0.4, 0.5) is 0 Å². The molecule has 1 rings (SSSR count). The van der Waals surface area contributed by atoms with Crippen LogP contribution in [0.3, 0.4) is 0 Å². The molecule has 0 fully saturated rings. The van der Waals surface area contributed by atoms with Gasteiger partial charge >= 0.3 is 0 Å². The number of halogens is 1. The highest BCUT2D eigenvalue weighted by Gasteiger charge is 2.05. The van der Waals surface area contributed by atoms with Crippen LogP contribution in [0.15, 0.2) is 30.3 Å². The number of nitrogens with zero attached hydrogens (tertiary/aromatic N) is 1. The van der Waals surface area contributed by atoms with Crippen LogP contribution in [-0.2, 0) is 11.3 Å². The summed E-state index contributed by atoms with van der Waals surface area (Å²) in [4.78, 5) is 0. The quantitative estimate of drug-likeness (QED) is 0.461. The van der Waals surface area contributed by atoms with Gasteiger partial charge in [0.2, 0.25) is 0 Å². The fourth-order valence-electron chi connectivity index (χ4n) is 1.10. The van der Waals surface area contributed by atoms with Gasteiger partial charge in [-0.1, -0.05) is 30.3 Å². The molecule has 0 bridgehead atoms. The molecule has 86 valence electrons. The Kier molecular flexibility index (Phi) is 6.57. The molecule has 1 aromatic carbocycles. The summed E-state index contributed by atoms with van der Waals surface area (Å²) in [7, 11) is 6.52. The van der Waals surface area contributed by atoms with Crippen molar-refractivity contribution in [1.29, 1.82) is 0 Å². The molecular weight excluding hydrogens is 210 g/mol. The lowest BCUT2D eigenvalue weighted by molar-refractivity contribution is -0.870. The van der Waals surface area contributed by atoms with Gasteiger partial charge in [-0.05, 0) is 5.56 Å². The van der Waals surface area contributed by atoms with E-state index >= 15 is 0 Å². The maximum Gasteiger partial charge on any atom is 0.102 e. The third kappa shape index (κ3) is 7.37. The molecule has 0 unspecified atom stereocenters. The fourth-order valence-corrected chi connectivity index (χ4v) is 1.10. The van der Waals surface area contributed by atoms with Gasteiger partial charge < -0.3 is 21.6 Å². The van der Waals surface area contributed by atoms with E-state index in [1.54, 1.807) is 0 Å². The predicted molar refractivity (Wildman–Crippen MR) is 59.0 cm³/mol. The summed E-state index contributed by atoms with van der Waals surface area (Å²) in [5.74, 6) is 0. The molecule has 3 heteroatoms. The average Bonchev–Trinajstić information content (AvgIpc) is 2.13. The topological polar surface area (TPSA) is 9.23 Å². The van der Waals surface area contributed by atoms with E-state index in [1.165, 1.54) is 5.56 Å². The number of hydrogen-bond donors (Lipinski definition) is 0. The first kappa shape index (κ1) is 14.4. The molecule has 15 heavy (non-hydrogen) atoms. The average molecular weight is 230 g/mol. The molecule has 0 aromatic heterocycles. The van der Waals surface area contributed by atoms with Crippen LogP contribution in [0.5, 0.6) is 0 Å². The van der Waals surface area contributed by atoms with Crippen molar-refractivity contribution in [3.05, 3.63) is 35.9 Å². The zero-order valence-corrected chi connectivity index (χ0v) is 10.5. The number of benzene rings is 1. The normalized spacial score (nSPS) is 10.9. The number of hydrogen-bond acceptors (Lipinski definition) is 1. The standard InChI is InChI=1S/C12H20NO.ClH/c1-13(2,3)9-10-14-11-12-7-5-4-6-8-12;/h4-8H,9-11H2,1-3H3;1H/q+1;/p-1. The number of quaternary nitrogens is 1. The molecule has 0 amide bonds. The van der Waals surface area contributed by atoms with Crippen molar-refractivity contribution in [2.75, 3.05) is 34.3 Å². The maximum absolute atomic E-state index is 5.58. The second-order valence-corrected chi connectivity index (χ2v) is 4.55. The van der Waals surface area contributed by atoms with Crippen molar-refractivity contribution in [2.24, 2.45) is 0 Å². The van der Waals surface area contributed by atoms with Gasteiger partial charge in [-0.15, -0.1) is 0 Å². The van der Waals surface area contributed by atoms with Crippen LogP contribution in [0.25, 0.3) is 0 Å². The molecule has 0 saturated heterocycles. The number of likely N-dealkylation sites (N-methyl/N-ethyl adjacent to an activating group) is 1. The Morgan fingerprint density at radius 3 is 2.20 bits per heavy atom. The van der Waals surface area contributed by atoms with Crippen LogP contribution in [0.1, 0.15) is 5.56 Å². The summed E-state index contributed by atoms with van der Waals surface area (Å²) in [5.41, 5.74) is 1.24. The molecule has 0 heterocycles. The van der Waals surface area contributed by atoms with Crippen LogP contribution in [0.2, 0.25) is 0 Å². The van der Waals surface area contributed by atoms with Crippen molar-refractivity contribution in [3.63, 3.8) is 0 Å². The van der Waals surface area contributed by atoms with Crippen molar-refractivity contribution in [3.8, 4) is 0 Å². The zero-order chi connectivity index (χ0) is 10.4. The molecule has 0 aliphatic carbocycles. The molecule has 0 spiro atoms. The molecule has 0 aliphatic heterocycles. The Morgan fingerprint density at radius 1 is 1.07 bits per heavy atom. The third-order valence-electron chi connectivity index (χ3n) is 2.02. The van der Waals surface area contributed by atoms with E-state index in [-0.39, 0.29) is 12.4 Å². The lowest BCUT2D eigenvalue weighted by Crippen LogP contribution is -3.00. The van der Waals surface area contributed by atoms with Gasteiger partial charge in [0.1, 0.15) is 6.54 Å². The molecular formula is C12H20ClNO. The highest BCUT2D eigenvalue weighted by atomic mass is 35.5. The summed E-state index contributed by atoms with van der Waals surface area (Å²) in [6, 6.07) is 10.3. The number of ether oxygens (including phenoxy) is 1. The van der Waals surface area contributed by atoms with Gasteiger partial charge in [-0.3, -0.25) is 0 Å². The van der Waals surface area contributed by atoms with E-state index in [4.69, 9.17) is 4.74 Å². The minimum atomic E-state index is 0. The molecule has 0 radical (unpaired) electrons. The SMILES string of the molecule is C[N+](C)(C)CCOCc1ccccc1.[Cl-]. The monoisotopic (exact) mass is 229 g/mol. The Hall–Kier alpha value is -0.570.